The molecule has 1 aromatic carbocycles. The van der Waals surface area contributed by atoms with Gasteiger partial charge in [-0.15, -0.1) is 11.8 Å². The van der Waals surface area contributed by atoms with E-state index in [4.69, 9.17) is 0 Å². The van der Waals surface area contributed by atoms with Gasteiger partial charge in [0.1, 0.15) is 17.2 Å². The third-order valence-electron chi connectivity index (χ3n) is 2.83. The number of hydrogen-bond acceptors (Lipinski definition) is 4. The highest BCUT2D eigenvalue weighted by Gasteiger charge is 2.02. The first-order valence-corrected chi connectivity index (χ1v) is 7.51. The summed E-state index contributed by atoms with van der Waals surface area (Å²) in [6.07, 6.45) is 2.72. The number of aryl methyl sites for hydroxylation is 1. The van der Waals surface area contributed by atoms with Crippen LogP contribution < -0.4 is 5.32 Å². The SMILES string of the molecule is CCCNc1cc(SCc2ccccc2C)ncn1. The molecule has 0 atom stereocenters. The van der Waals surface area contributed by atoms with E-state index < -0.39 is 0 Å². The fourth-order valence-corrected chi connectivity index (χ4v) is 2.64. The van der Waals surface area contributed by atoms with Gasteiger partial charge in [-0.25, -0.2) is 9.97 Å². The van der Waals surface area contributed by atoms with Crippen molar-refractivity contribution in [3.63, 3.8) is 0 Å². The van der Waals surface area contributed by atoms with E-state index in [0.29, 0.717) is 0 Å². The zero-order valence-corrected chi connectivity index (χ0v) is 12.2. The van der Waals surface area contributed by atoms with Gasteiger partial charge in [0.2, 0.25) is 0 Å². The molecule has 0 saturated carbocycles. The average molecular weight is 273 g/mol. The van der Waals surface area contributed by atoms with Gasteiger partial charge in [0, 0.05) is 18.4 Å². The van der Waals surface area contributed by atoms with Crippen LogP contribution in [0.4, 0.5) is 5.82 Å². The molecule has 0 aliphatic carbocycles. The van der Waals surface area contributed by atoms with Gasteiger partial charge >= 0.3 is 0 Å². The molecule has 0 spiro atoms. The van der Waals surface area contributed by atoms with Crippen LogP contribution in [0, 0.1) is 6.92 Å². The van der Waals surface area contributed by atoms with Crippen LogP contribution in [0.5, 0.6) is 0 Å². The highest BCUT2D eigenvalue weighted by atomic mass is 32.2. The summed E-state index contributed by atoms with van der Waals surface area (Å²) in [6, 6.07) is 10.5. The smallest absolute Gasteiger partial charge is 0.130 e. The monoisotopic (exact) mass is 273 g/mol. The van der Waals surface area contributed by atoms with Gasteiger partial charge in [0.15, 0.2) is 0 Å². The van der Waals surface area contributed by atoms with E-state index in [0.717, 1.165) is 29.6 Å². The molecule has 1 N–H and O–H groups in total. The number of benzene rings is 1. The van der Waals surface area contributed by atoms with Crippen LogP contribution in [0.3, 0.4) is 0 Å². The van der Waals surface area contributed by atoms with Crippen molar-refractivity contribution in [3.8, 4) is 0 Å². The van der Waals surface area contributed by atoms with Gasteiger partial charge in [-0.05, 0) is 24.5 Å². The normalized spacial score (nSPS) is 10.4. The molecule has 19 heavy (non-hydrogen) atoms. The lowest BCUT2D eigenvalue weighted by atomic mass is 10.1. The first kappa shape index (κ1) is 13.9. The Bertz CT molecular complexity index is 528. The second-order valence-corrected chi connectivity index (χ2v) is 5.38. The van der Waals surface area contributed by atoms with Crippen molar-refractivity contribution in [1.29, 1.82) is 0 Å². The van der Waals surface area contributed by atoms with Gasteiger partial charge in [0.25, 0.3) is 0 Å². The summed E-state index contributed by atoms with van der Waals surface area (Å²) in [5, 5.41) is 4.29. The van der Waals surface area contributed by atoms with Crippen LogP contribution in [0.15, 0.2) is 41.7 Å². The molecule has 0 aliphatic rings. The van der Waals surface area contributed by atoms with Crippen LogP contribution in [0.1, 0.15) is 24.5 Å². The number of rotatable bonds is 6. The maximum Gasteiger partial charge on any atom is 0.130 e. The maximum absolute atomic E-state index is 4.30. The van der Waals surface area contributed by atoms with Crippen LogP contribution >= 0.6 is 11.8 Å². The number of anilines is 1. The summed E-state index contributed by atoms with van der Waals surface area (Å²) in [6.45, 7) is 5.23. The summed E-state index contributed by atoms with van der Waals surface area (Å²) in [5.74, 6) is 1.85. The molecule has 100 valence electrons. The Balaban J connectivity index is 1.98. The Kier molecular flexibility index (Phi) is 5.21. The lowest BCUT2D eigenvalue weighted by Gasteiger charge is -2.07. The molecule has 1 aromatic heterocycles. The average Bonchev–Trinajstić information content (AvgIpc) is 2.45. The van der Waals surface area contributed by atoms with E-state index in [-0.39, 0.29) is 0 Å². The zero-order chi connectivity index (χ0) is 13.5. The van der Waals surface area contributed by atoms with Gasteiger partial charge < -0.3 is 5.32 Å². The topological polar surface area (TPSA) is 37.8 Å². The third kappa shape index (κ3) is 4.24. The summed E-state index contributed by atoms with van der Waals surface area (Å²) in [7, 11) is 0. The molecule has 1 heterocycles. The van der Waals surface area contributed by atoms with E-state index in [1.54, 1.807) is 18.1 Å². The molecular formula is C15H19N3S. The number of nitrogens with zero attached hydrogens (tertiary/aromatic N) is 2. The number of hydrogen-bond donors (Lipinski definition) is 1. The zero-order valence-electron chi connectivity index (χ0n) is 11.4. The number of nitrogens with one attached hydrogen (secondary N) is 1. The first-order chi connectivity index (χ1) is 9.29. The molecule has 2 rings (SSSR count). The Morgan fingerprint density at radius 1 is 1.21 bits per heavy atom. The van der Waals surface area contributed by atoms with Crippen molar-refractivity contribution in [1.82, 2.24) is 9.97 Å². The second-order valence-electron chi connectivity index (χ2n) is 4.38. The van der Waals surface area contributed by atoms with Crippen molar-refractivity contribution in [2.24, 2.45) is 0 Å². The fourth-order valence-electron chi connectivity index (χ4n) is 1.69. The highest BCUT2D eigenvalue weighted by molar-refractivity contribution is 7.98. The summed E-state index contributed by atoms with van der Waals surface area (Å²) >= 11 is 1.74. The lowest BCUT2D eigenvalue weighted by molar-refractivity contribution is 0.953. The molecule has 3 nitrogen and oxygen atoms in total. The Morgan fingerprint density at radius 2 is 2.05 bits per heavy atom. The summed E-state index contributed by atoms with van der Waals surface area (Å²) in [4.78, 5) is 8.52. The highest BCUT2D eigenvalue weighted by Crippen LogP contribution is 2.23. The molecule has 0 bridgehead atoms. The Morgan fingerprint density at radius 3 is 2.84 bits per heavy atom. The van der Waals surface area contributed by atoms with Crippen molar-refractivity contribution in [2.45, 2.75) is 31.0 Å². The minimum atomic E-state index is 0.907. The van der Waals surface area contributed by atoms with Gasteiger partial charge in [-0.1, -0.05) is 31.2 Å². The standard InChI is InChI=1S/C15H19N3S/c1-3-8-16-14-9-15(18-11-17-14)19-10-13-7-5-4-6-12(13)2/h4-7,9,11H,3,8,10H2,1-2H3,(H,16,17,18). The first-order valence-electron chi connectivity index (χ1n) is 6.53. The van der Waals surface area contributed by atoms with Crippen LogP contribution in [-0.2, 0) is 5.75 Å². The van der Waals surface area contributed by atoms with E-state index >= 15 is 0 Å². The van der Waals surface area contributed by atoms with Crippen LogP contribution in [0.2, 0.25) is 0 Å². The maximum atomic E-state index is 4.30. The molecule has 0 fully saturated rings. The molecule has 0 unspecified atom stereocenters. The van der Waals surface area contributed by atoms with E-state index in [1.807, 2.05) is 6.07 Å². The molecule has 4 heteroatoms. The summed E-state index contributed by atoms with van der Waals surface area (Å²) < 4.78 is 0. The van der Waals surface area contributed by atoms with E-state index in [1.165, 1.54) is 11.1 Å². The molecule has 0 radical (unpaired) electrons. The van der Waals surface area contributed by atoms with Gasteiger partial charge in [0.05, 0.1) is 0 Å². The quantitative estimate of drug-likeness (QED) is 0.640. The largest absolute Gasteiger partial charge is 0.370 e. The van der Waals surface area contributed by atoms with E-state index in [9.17, 15) is 0 Å². The van der Waals surface area contributed by atoms with Crippen molar-refractivity contribution in [3.05, 3.63) is 47.8 Å². The third-order valence-corrected chi connectivity index (χ3v) is 3.81. The van der Waals surface area contributed by atoms with Crippen LogP contribution in [-0.4, -0.2) is 16.5 Å². The predicted molar refractivity (Wildman–Crippen MR) is 81.6 cm³/mol. The predicted octanol–water partition coefficient (Wildman–Crippen LogP) is 3.90. The van der Waals surface area contributed by atoms with E-state index in [2.05, 4.69) is 53.4 Å². The minimum absolute atomic E-state index is 0.907. The summed E-state index contributed by atoms with van der Waals surface area (Å²) in [5.41, 5.74) is 2.68. The van der Waals surface area contributed by atoms with Crippen molar-refractivity contribution >= 4 is 17.6 Å². The number of aromatic nitrogens is 2. The van der Waals surface area contributed by atoms with Crippen molar-refractivity contribution < 1.29 is 0 Å². The van der Waals surface area contributed by atoms with Crippen molar-refractivity contribution in [2.75, 3.05) is 11.9 Å². The molecular weight excluding hydrogens is 254 g/mol. The molecule has 0 amide bonds. The fraction of sp³-hybridized carbons (Fsp3) is 0.333. The van der Waals surface area contributed by atoms with Gasteiger partial charge in [-0.2, -0.15) is 0 Å². The Hall–Kier alpha value is -1.55. The Labute approximate surface area is 118 Å². The second kappa shape index (κ2) is 7.14. The molecule has 0 saturated heterocycles. The van der Waals surface area contributed by atoms with Gasteiger partial charge in [-0.3, -0.25) is 0 Å². The lowest BCUT2D eigenvalue weighted by Crippen LogP contribution is -2.02. The minimum Gasteiger partial charge on any atom is -0.370 e. The van der Waals surface area contributed by atoms with Crippen LogP contribution in [0.25, 0.3) is 0 Å². The molecule has 2 aromatic rings. The molecule has 0 aliphatic heterocycles. The number of thioether (sulfide) groups is 1.